The summed E-state index contributed by atoms with van der Waals surface area (Å²) in [5.74, 6) is -1.20. The molecule has 0 saturated heterocycles. The van der Waals surface area contributed by atoms with Crippen LogP contribution < -0.4 is 5.32 Å². The molecule has 0 saturated carbocycles. The SMILES string of the molecule is CC(C)(C)OC(=O)NC(C)(C(=O)O)c1cscn1. The highest BCUT2D eigenvalue weighted by Crippen LogP contribution is 2.21. The highest BCUT2D eigenvalue weighted by atomic mass is 32.1. The largest absolute Gasteiger partial charge is 0.479 e. The van der Waals surface area contributed by atoms with Crippen molar-refractivity contribution in [3.8, 4) is 0 Å². The number of carbonyl (C=O) groups excluding carboxylic acids is 1. The Morgan fingerprint density at radius 2 is 2.00 bits per heavy atom. The minimum atomic E-state index is -1.59. The Morgan fingerprint density at radius 3 is 2.39 bits per heavy atom. The molecule has 0 aromatic carbocycles. The van der Waals surface area contributed by atoms with Crippen LogP contribution >= 0.6 is 11.3 Å². The van der Waals surface area contributed by atoms with Crippen LogP contribution in [0.4, 0.5) is 4.79 Å². The van der Waals surface area contributed by atoms with Crippen molar-refractivity contribution < 1.29 is 19.4 Å². The van der Waals surface area contributed by atoms with Crippen molar-refractivity contribution in [2.24, 2.45) is 0 Å². The van der Waals surface area contributed by atoms with Gasteiger partial charge in [-0.25, -0.2) is 14.6 Å². The Morgan fingerprint density at radius 1 is 1.39 bits per heavy atom. The molecule has 0 radical (unpaired) electrons. The van der Waals surface area contributed by atoms with E-state index in [1.807, 2.05) is 0 Å². The number of thiazole rings is 1. The molecule has 6 nitrogen and oxygen atoms in total. The third-order valence-corrected chi connectivity index (χ3v) is 2.71. The van der Waals surface area contributed by atoms with E-state index < -0.39 is 23.2 Å². The summed E-state index contributed by atoms with van der Waals surface area (Å²) in [4.78, 5) is 26.9. The normalized spacial score (nSPS) is 14.7. The summed E-state index contributed by atoms with van der Waals surface area (Å²) in [7, 11) is 0. The first-order valence-corrected chi connectivity index (χ1v) is 6.22. The Bertz CT molecular complexity index is 438. The number of aromatic nitrogens is 1. The van der Waals surface area contributed by atoms with Crippen molar-refractivity contribution in [3.05, 3.63) is 16.6 Å². The molecule has 0 aliphatic heterocycles. The Kier molecular flexibility index (Phi) is 3.95. The molecule has 1 unspecified atom stereocenters. The van der Waals surface area contributed by atoms with Gasteiger partial charge in [-0.3, -0.25) is 0 Å². The van der Waals surface area contributed by atoms with E-state index in [4.69, 9.17) is 4.74 Å². The summed E-state index contributed by atoms with van der Waals surface area (Å²) in [5.41, 5.74) is -0.507. The van der Waals surface area contributed by atoms with Crippen LogP contribution in [0.25, 0.3) is 0 Å². The van der Waals surface area contributed by atoms with E-state index in [0.717, 1.165) is 0 Å². The van der Waals surface area contributed by atoms with Crippen molar-refractivity contribution in [1.82, 2.24) is 10.3 Å². The lowest BCUT2D eigenvalue weighted by Gasteiger charge is -2.27. The lowest BCUT2D eigenvalue weighted by Crippen LogP contribution is -2.51. The van der Waals surface area contributed by atoms with Gasteiger partial charge in [0.25, 0.3) is 0 Å². The molecule has 1 heterocycles. The molecular formula is C11H16N2O4S. The summed E-state index contributed by atoms with van der Waals surface area (Å²) in [6.07, 6.45) is -0.791. The zero-order chi connectivity index (χ0) is 14.0. The van der Waals surface area contributed by atoms with Gasteiger partial charge in [0, 0.05) is 5.38 Å². The van der Waals surface area contributed by atoms with Gasteiger partial charge in [-0.1, -0.05) is 0 Å². The lowest BCUT2D eigenvalue weighted by molar-refractivity contribution is -0.144. The van der Waals surface area contributed by atoms with Crippen LogP contribution in [-0.2, 0) is 15.1 Å². The number of aliphatic carboxylic acids is 1. The standard InChI is InChI=1S/C11H16N2O4S/c1-10(2,3)17-9(16)13-11(4,8(14)15)7-5-18-6-12-7/h5-6H,1-4H3,(H,13,16)(H,14,15). The second-order valence-corrected chi connectivity index (χ2v) is 5.65. The quantitative estimate of drug-likeness (QED) is 0.878. The van der Waals surface area contributed by atoms with Crippen LogP contribution in [-0.4, -0.2) is 27.8 Å². The van der Waals surface area contributed by atoms with E-state index in [1.54, 1.807) is 26.2 Å². The average Bonchev–Trinajstić information content (AvgIpc) is 2.66. The maximum absolute atomic E-state index is 11.7. The highest BCUT2D eigenvalue weighted by Gasteiger charge is 2.40. The van der Waals surface area contributed by atoms with Crippen LogP contribution in [0.2, 0.25) is 0 Å². The molecule has 0 bridgehead atoms. The topological polar surface area (TPSA) is 88.5 Å². The lowest BCUT2D eigenvalue weighted by atomic mass is 9.99. The molecule has 2 N–H and O–H groups in total. The molecule has 1 aromatic rings. The Labute approximate surface area is 109 Å². The van der Waals surface area contributed by atoms with Crippen LogP contribution in [0.5, 0.6) is 0 Å². The van der Waals surface area contributed by atoms with Crippen LogP contribution in [0.3, 0.4) is 0 Å². The van der Waals surface area contributed by atoms with Crippen molar-refractivity contribution in [1.29, 1.82) is 0 Å². The van der Waals surface area contributed by atoms with Crippen LogP contribution in [0.1, 0.15) is 33.4 Å². The maximum atomic E-state index is 11.7. The fraction of sp³-hybridized carbons (Fsp3) is 0.545. The second kappa shape index (κ2) is 4.93. The van der Waals surface area contributed by atoms with E-state index in [1.165, 1.54) is 23.8 Å². The van der Waals surface area contributed by atoms with E-state index in [-0.39, 0.29) is 5.69 Å². The Balaban J connectivity index is 2.89. The summed E-state index contributed by atoms with van der Waals surface area (Å²) in [6.45, 7) is 6.48. The summed E-state index contributed by atoms with van der Waals surface area (Å²) in [5, 5.41) is 13.2. The third-order valence-electron chi connectivity index (χ3n) is 2.12. The monoisotopic (exact) mass is 272 g/mol. The van der Waals surface area contributed by atoms with Gasteiger partial charge in [-0.05, 0) is 27.7 Å². The molecule has 0 spiro atoms. The molecule has 100 valence electrons. The smallest absolute Gasteiger partial charge is 0.408 e. The number of carboxylic acid groups (broad SMARTS) is 1. The summed E-state index contributed by atoms with van der Waals surface area (Å²) >= 11 is 1.26. The van der Waals surface area contributed by atoms with Gasteiger partial charge in [0.15, 0.2) is 5.54 Å². The molecule has 0 fully saturated rings. The number of hydrogen-bond donors (Lipinski definition) is 2. The van der Waals surface area contributed by atoms with Gasteiger partial charge in [-0.2, -0.15) is 0 Å². The van der Waals surface area contributed by atoms with Crippen LogP contribution in [0, 0.1) is 0 Å². The highest BCUT2D eigenvalue weighted by molar-refractivity contribution is 7.07. The van der Waals surface area contributed by atoms with Gasteiger partial charge in [-0.15, -0.1) is 11.3 Å². The van der Waals surface area contributed by atoms with Gasteiger partial charge in [0.05, 0.1) is 11.2 Å². The number of hydrogen-bond acceptors (Lipinski definition) is 5. The molecule has 1 rings (SSSR count). The summed E-state index contributed by atoms with van der Waals surface area (Å²) < 4.78 is 5.04. The molecule has 0 aliphatic carbocycles. The fourth-order valence-corrected chi connectivity index (χ4v) is 1.86. The van der Waals surface area contributed by atoms with Crippen molar-refractivity contribution in [3.63, 3.8) is 0 Å². The molecule has 1 aromatic heterocycles. The van der Waals surface area contributed by atoms with Gasteiger partial charge >= 0.3 is 12.1 Å². The number of carboxylic acids is 1. The number of rotatable bonds is 3. The number of nitrogens with zero attached hydrogens (tertiary/aromatic N) is 1. The molecule has 1 atom stereocenters. The maximum Gasteiger partial charge on any atom is 0.408 e. The summed E-state index contributed by atoms with van der Waals surface area (Å²) in [6, 6.07) is 0. The number of alkyl carbamates (subject to hydrolysis) is 1. The van der Waals surface area contributed by atoms with Crippen LogP contribution in [0.15, 0.2) is 10.9 Å². The molecule has 0 aliphatic rings. The van der Waals surface area contributed by atoms with E-state index >= 15 is 0 Å². The molecule has 18 heavy (non-hydrogen) atoms. The zero-order valence-corrected chi connectivity index (χ0v) is 11.5. The van der Waals surface area contributed by atoms with Crippen molar-refractivity contribution >= 4 is 23.4 Å². The predicted molar refractivity (Wildman–Crippen MR) is 66.5 cm³/mol. The minimum Gasteiger partial charge on any atom is -0.479 e. The number of amides is 1. The van der Waals surface area contributed by atoms with Gasteiger partial charge in [0.1, 0.15) is 5.60 Å². The average molecular weight is 272 g/mol. The van der Waals surface area contributed by atoms with E-state index in [0.29, 0.717) is 0 Å². The molecular weight excluding hydrogens is 256 g/mol. The second-order valence-electron chi connectivity index (χ2n) is 4.93. The first-order chi connectivity index (χ1) is 8.15. The first-order valence-electron chi connectivity index (χ1n) is 5.28. The third kappa shape index (κ3) is 3.43. The number of nitrogens with one attached hydrogen (secondary N) is 1. The first kappa shape index (κ1) is 14.4. The number of ether oxygens (including phenoxy) is 1. The van der Waals surface area contributed by atoms with Crippen molar-refractivity contribution in [2.75, 3.05) is 0 Å². The van der Waals surface area contributed by atoms with E-state index in [9.17, 15) is 14.7 Å². The molecule has 7 heteroatoms. The van der Waals surface area contributed by atoms with E-state index in [2.05, 4.69) is 10.3 Å². The minimum absolute atomic E-state index is 0.269. The predicted octanol–water partition coefficient (Wildman–Crippen LogP) is 1.97. The van der Waals surface area contributed by atoms with Crippen molar-refractivity contribution in [2.45, 2.75) is 38.8 Å². The number of carbonyl (C=O) groups is 2. The van der Waals surface area contributed by atoms with Gasteiger partial charge < -0.3 is 15.2 Å². The zero-order valence-electron chi connectivity index (χ0n) is 10.7. The fourth-order valence-electron chi connectivity index (χ4n) is 1.19. The molecule has 1 amide bonds. The van der Waals surface area contributed by atoms with Gasteiger partial charge in [0.2, 0.25) is 0 Å². The Hall–Kier alpha value is -1.63.